The van der Waals surface area contributed by atoms with Crippen LogP contribution in [0.25, 0.3) is 6.08 Å². The normalized spacial score (nSPS) is 10.1. The van der Waals surface area contributed by atoms with E-state index in [1.807, 2.05) is 6.07 Å². The molecule has 0 fully saturated rings. The average Bonchev–Trinajstić information content (AvgIpc) is 2.24. The molecular weight excluding hydrogens is 224 g/mol. The Morgan fingerprint density at radius 2 is 2.24 bits per heavy atom. The maximum atomic E-state index is 10.8. The summed E-state index contributed by atoms with van der Waals surface area (Å²) in [5.41, 5.74) is 0.479. The molecule has 0 unspecified atom stereocenters. The molecule has 6 heteroatoms. The molecule has 0 spiro atoms. The second kappa shape index (κ2) is 4.90. The fraction of sp³-hybridized carbons (Fsp3) is 0.0909. The van der Waals surface area contributed by atoms with E-state index in [0.29, 0.717) is 5.56 Å². The topological polar surface area (TPSA) is 104 Å². The number of nitrogens with zero attached hydrogens (tertiary/aromatic N) is 2. The molecule has 0 aliphatic heterocycles. The molecule has 0 aliphatic rings. The zero-order valence-electron chi connectivity index (χ0n) is 8.88. The Balaban J connectivity index is 3.44. The van der Waals surface area contributed by atoms with E-state index in [4.69, 9.17) is 10.4 Å². The second-order valence-electron chi connectivity index (χ2n) is 3.27. The summed E-state index contributed by atoms with van der Waals surface area (Å²) in [7, 11) is 0. The Labute approximate surface area is 96.6 Å². The third-order valence-electron chi connectivity index (χ3n) is 2.05. The third-order valence-corrected chi connectivity index (χ3v) is 2.05. The molecule has 1 N–H and O–H groups in total. The van der Waals surface area contributed by atoms with Crippen molar-refractivity contribution in [2.75, 3.05) is 0 Å². The van der Waals surface area contributed by atoms with Gasteiger partial charge in [-0.2, -0.15) is 5.26 Å². The highest BCUT2D eigenvalue weighted by Crippen LogP contribution is 2.26. The van der Waals surface area contributed by atoms with Crippen molar-refractivity contribution in [2.45, 2.75) is 6.92 Å². The lowest BCUT2D eigenvalue weighted by Gasteiger charge is -2.02. The SMILES string of the molecule is Cc1cc(C#N)cc(/C=C/C(=O)O)c1[N+](=O)[O-]. The van der Waals surface area contributed by atoms with Crippen molar-refractivity contribution < 1.29 is 14.8 Å². The minimum Gasteiger partial charge on any atom is -0.478 e. The van der Waals surface area contributed by atoms with Crippen molar-refractivity contribution in [3.8, 4) is 6.07 Å². The van der Waals surface area contributed by atoms with Gasteiger partial charge in [0.15, 0.2) is 0 Å². The van der Waals surface area contributed by atoms with Crippen molar-refractivity contribution in [1.82, 2.24) is 0 Å². The zero-order chi connectivity index (χ0) is 13.0. The number of rotatable bonds is 3. The number of hydrogen-bond donors (Lipinski definition) is 1. The number of benzene rings is 1. The summed E-state index contributed by atoms with van der Waals surface area (Å²) < 4.78 is 0. The van der Waals surface area contributed by atoms with Crippen LogP contribution < -0.4 is 0 Å². The quantitative estimate of drug-likeness (QED) is 0.486. The highest BCUT2D eigenvalue weighted by molar-refractivity contribution is 5.86. The van der Waals surface area contributed by atoms with E-state index in [-0.39, 0.29) is 16.8 Å². The summed E-state index contributed by atoms with van der Waals surface area (Å²) >= 11 is 0. The van der Waals surface area contributed by atoms with Gasteiger partial charge in [0.05, 0.1) is 22.1 Å². The van der Waals surface area contributed by atoms with Gasteiger partial charge in [0, 0.05) is 11.6 Å². The van der Waals surface area contributed by atoms with E-state index in [1.165, 1.54) is 19.1 Å². The Bertz CT molecular complexity index is 555. The van der Waals surface area contributed by atoms with Gasteiger partial charge in [-0.15, -0.1) is 0 Å². The summed E-state index contributed by atoms with van der Waals surface area (Å²) in [6.07, 6.45) is 1.90. The van der Waals surface area contributed by atoms with Crippen LogP contribution in [-0.2, 0) is 4.79 Å². The summed E-state index contributed by atoms with van der Waals surface area (Å²) in [4.78, 5) is 20.6. The van der Waals surface area contributed by atoms with Crippen LogP contribution in [0.5, 0.6) is 0 Å². The summed E-state index contributed by atoms with van der Waals surface area (Å²) in [6.45, 7) is 1.50. The highest BCUT2D eigenvalue weighted by atomic mass is 16.6. The fourth-order valence-corrected chi connectivity index (χ4v) is 1.41. The number of carboxylic acid groups (broad SMARTS) is 1. The number of carboxylic acids is 1. The van der Waals surface area contributed by atoms with Crippen LogP contribution in [0.2, 0.25) is 0 Å². The number of nitriles is 1. The zero-order valence-corrected chi connectivity index (χ0v) is 8.88. The van der Waals surface area contributed by atoms with Crippen LogP contribution >= 0.6 is 0 Å². The lowest BCUT2D eigenvalue weighted by atomic mass is 10.0. The molecule has 1 aromatic rings. The molecule has 0 amide bonds. The van der Waals surface area contributed by atoms with E-state index < -0.39 is 10.9 Å². The van der Waals surface area contributed by atoms with Gasteiger partial charge in [-0.25, -0.2) is 4.79 Å². The highest BCUT2D eigenvalue weighted by Gasteiger charge is 2.16. The predicted molar refractivity (Wildman–Crippen MR) is 59.2 cm³/mol. The maximum Gasteiger partial charge on any atom is 0.328 e. The molecular formula is C11H8N2O4. The van der Waals surface area contributed by atoms with Gasteiger partial charge < -0.3 is 5.11 Å². The lowest BCUT2D eigenvalue weighted by Crippen LogP contribution is -1.97. The monoisotopic (exact) mass is 232 g/mol. The van der Waals surface area contributed by atoms with E-state index >= 15 is 0 Å². The van der Waals surface area contributed by atoms with Crippen LogP contribution in [0.4, 0.5) is 5.69 Å². The molecule has 0 radical (unpaired) electrons. The van der Waals surface area contributed by atoms with Crippen LogP contribution in [0, 0.1) is 28.4 Å². The van der Waals surface area contributed by atoms with E-state index in [9.17, 15) is 14.9 Å². The Kier molecular flexibility index (Phi) is 3.57. The summed E-state index contributed by atoms with van der Waals surface area (Å²) in [5.74, 6) is -1.21. The Hall–Kier alpha value is -2.68. The molecule has 86 valence electrons. The number of hydrogen-bond acceptors (Lipinski definition) is 4. The predicted octanol–water partition coefficient (Wildman–Crippen LogP) is 1.87. The number of aliphatic carboxylic acids is 1. The fourth-order valence-electron chi connectivity index (χ4n) is 1.41. The Morgan fingerprint density at radius 1 is 1.59 bits per heavy atom. The number of aryl methyl sites for hydroxylation is 1. The van der Waals surface area contributed by atoms with Crippen molar-refractivity contribution in [3.05, 3.63) is 45.0 Å². The summed E-state index contributed by atoms with van der Waals surface area (Å²) in [5, 5.41) is 28.0. The summed E-state index contributed by atoms with van der Waals surface area (Å²) in [6, 6.07) is 4.53. The number of nitro groups is 1. The minimum absolute atomic E-state index is 0.106. The molecule has 0 aromatic heterocycles. The van der Waals surface area contributed by atoms with Gasteiger partial charge in [0.25, 0.3) is 5.69 Å². The van der Waals surface area contributed by atoms with Crippen LogP contribution in [0.15, 0.2) is 18.2 Å². The first-order valence-corrected chi connectivity index (χ1v) is 4.56. The molecule has 0 bridgehead atoms. The molecule has 0 atom stereocenters. The molecule has 0 saturated carbocycles. The lowest BCUT2D eigenvalue weighted by molar-refractivity contribution is -0.385. The number of nitro benzene ring substituents is 1. The molecule has 1 aromatic carbocycles. The van der Waals surface area contributed by atoms with Gasteiger partial charge in [-0.05, 0) is 25.1 Å². The maximum absolute atomic E-state index is 10.8. The average molecular weight is 232 g/mol. The second-order valence-corrected chi connectivity index (χ2v) is 3.27. The molecule has 0 aliphatic carbocycles. The van der Waals surface area contributed by atoms with Gasteiger partial charge in [-0.1, -0.05) is 0 Å². The standard InChI is InChI=1S/C11H8N2O4/c1-7-4-8(6-12)5-9(2-3-10(14)15)11(7)13(16)17/h2-5H,1H3,(H,14,15)/b3-2+. The first-order chi connectivity index (χ1) is 7.95. The minimum atomic E-state index is -1.21. The van der Waals surface area contributed by atoms with E-state index in [2.05, 4.69) is 0 Å². The van der Waals surface area contributed by atoms with Crippen molar-refractivity contribution >= 4 is 17.7 Å². The van der Waals surface area contributed by atoms with Crippen LogP contribution in [-0.4, -0.2) is 16.0 Å². The third kappa shape index (κ3) is 2.89. The first kappa shape index (κ1) is 12.4. The van der Waals surface area contributed by atoms with Gasteiger partial charge in [0.2, 0.25) is 0 Å². The van der Waals surface area contributed by atoms with Crippen LogP contribution in [0.1, 0.15) is 16.7 Å². The van der Waals surface area contributed by atoms with Crippen molar-refractivity contribution in [1.29, 1.82) is 5.26 Å². The van der Waals surface area contributed by atoms with Gasteiger partial charge in [-0.3, -0.25) is 10.1 Å². The smallest absolute Gasteiger partial charge is 0.328 e. The van der Waals surface area contributed by atoms with E-state index in [0.717, 1.165) is 12.2 Å². The largest absolute Gasteiger partial charge is 0.478 e. The van der Waals surface area contributed by atoms with E-state index in [1.54, 1.807) is 0 Å². The molecule has 0 heterocycles. The molecule has 17 heavy (non-hydrogen) atoms. The number of carbonyl (C=O) groups is 1. The first-order valence-electron chi connectivity index (χ1n) is 4.56. The molecule has 1 rings (SSSR count). The van der Waals surface area contributed by atoms with Crippen LogP contribution in [0.3, 0.4) is 0 Å². The van der Waals surface area contributed by atoms with Gasteiger partial charge in [0.1, 0.15) is 0 Å². The van der Waals surface area contributed by atoms with Crippen molar-refractivity contribution in [2.24, 2.45) is 0 Å². The van der Waals surface area contributed by atoms with Gasteiger partial charge >= 0.3 is 5.97 Å². The molecule has 6 nitrogen and oxygen atoms in total. The molecule has 0 saturated heterocycles. The van der Waals surface area contributed by atoms with Crippen molar-refractivity contribution in [3.63, 3.8) is 0 Å². The Morgan fingerprint density at radius 3 is 2.71 bits per heavy atom.